The maximum atomic E-state index is 11.4. The van der Waals surface area contributed by atoms with Crippen LogP contribution in [0.3, 0.4) is 0 Å². The summed E-state index contributed by atoms with van der Waals surface area (Å²) in [4.78, 5) is 11.4. The highest BCUT2D eigenvalue weighted by Gasteiger charge is 2.26. The van der Waals surface area contributed by atoms with Crippen LogP contribution in [0.5, 0.6) is 0 Å². The number of carbonyl (C=O) groups excluding carboxylic acids is 1. The molecule has 0 atom stereocenters. The van der Waals surface area contributed by atoms with Gasteiger partial charge in [-0.1, -0.05) is 13.8 Å². The summed E-state index contributed by atoms with van der Waals surface area (Å²) in [5.41, 5.74) is 5.07. The van der Waals surface area contributed by atoms with Gasteiger partial charge in [0.25, 0.3) is 0 Å². The van der Waals surface area contributed by atoms with Crippen molar-refractivity contribution in [2.75, 3.05) is 18.4 Å². The van der Waals surface area contributed by atoms with Crippen LogP contribution in [0.15, 0.2) is 0 Å². The minimum absolute atomic E-state index is 0.291. The van der Waals surface area contributed by atoms with Crippen molar-refractivity contribution in [3.05, 3.63) is 0 Å². The van der Waals surface area contributed by atoms with Crippen LogP contribution in [0, 0.1) is 5.92 Å². The Balaban J connectivity index is 4.12. The second kappa shape index (κ2) is 7.98. The topological polar surface area (TPSA) is 64.3 Å². The fourth-order valence-corrected chi connectivity index (χ4v) is 1.74. The van der Waals surface area contributed by atoms with Crippen LogP contribution in [-0.2, 0) is 4.74 Å². The molecule has 0 unspecified atom stereocenters. The summed E-state index contributed by atoms with van der Waals surface area (Å²) in [5, 5.41) is 2.60. The van der Waals surface area contributed by atoms with Crippen LogP contribution in [0.25, 0.3) is 0 Å². The molecule has 0 aliphatic rings. The number of hydrogen-bond acceptors (Lipinski definition) is 3. The molecular weight excluding hydrogens is 251 g/mol. The standard InChI is InChI=1S/C10H20Cl2N2O2/c1-8(2)7-16-9(15)14-10(13,3-5-11)4-6-12/h8H,3-7,13H2,1-2H3,(H,14,15). The number of hydrogen-bond donors (Lipinski definition) is 2. The van der Waals surface area contributed by atoms with Crippen LogP contribution in [0.2, 0.25) is 0 Å². The van der Waals surface area contributed by atoms with E-state index < -0.39 is 11.8 Å². The Morgan fingerprint density at radius 3 is 2.25 bits per heavy atom. The van der Waals surface area contributed by atoms with Crippen LogP contribution in [0.4, 0.5) is 4.79 Å². The number of amides is 1. The van der Waals surface area contributed by atoms with Gasteiger partial charge < -0.3 is 15.8 Å². The Hall–Kier alpha value is -0.190. The molecule has 0 saturated heterocycles. The average Bonchev–Trinajstić information content (AvgIpc) is 2.15. The van der Waals surface area contributed by atoms with Crippen molar-refractivity contribution >= 4 is 29.3 Å². The van der Waals surface area contributed by atoms with E-state index in [0.29, 0.717) is 37.1 Å². The largest absolute Gasteiger partial charge is 0.449 e. The zero-order valence-corrected chi connectivity index (χ0v) is 11.3. The molecule has 0 aliphatic heterocycles. The fourth-order valence-electron chi connectivity index (χ4n) is 1.07. The Bertz CT molecular complexity index is 207. The van der Waals surface area contributed by atoms with E-state index in [-0.39, 0.29) is 0 Å². The zero-order valence-electron chi connectivity index (χ0n) is 9.76. The summed E-state index contributed by atoms with van der Waals surface area (Å²) in [6.07, 6.45) is 0.391. The fraction of sp³-hybridized carbons (Fsp3) is 0.900. The van der Waals surface area contributed by atoms with Gasteiger partial charge in [0.05, 0.1) is 12.3 Å². The van der Waals surface area contributed by atoms with Gasteiger partial charge in [0.1, 0.15) is 0 Å². The number of nitrogens with two attached hydrogens (primary N) is 1. The van der Waals surface area contributed by atoms with Crippen molar-refractivity contribution < 1.29 is 9.53 Å². The third-order valence-electron chi connectivity index (χ3n) is 1.98. The van der Waals surface area contributed by atoms with Crippen molar-refractivity contribution in [2.24, 2.45) is 11.7 Å². The third kappa shape index (κ3) is 7.14. The predicted molar refractivity (Wildman–Crippen MR) is 66.9 cm³/mol. The van der Waals surface area contributed by atoms with Gasteiger partial charge in [-0.3, -0.25) is 0 Å². The molecule has 0 spiro atoms. The van der Waals surface area contributed by atoms with Gasteiger partial charge in [-0.2, -0.15) is 0 Å². The number of ether oxygens (including phenoxy) is 1. The van der Waals surface area contributed by atoms with Gasteiger partial charge >= 0.3 is 6.09 Å². The first-order valence-corrected chi connectivity index (χ1v) is 6.36. The predicted octanol–water partition coefficient (Wildman–Crippen LogP) is 2.28. The van der Waals surface area contributed by atoms with Crippen LogP contribution in [-0.4, -0.2) is 30.1 Å². The first-order chi connectivity index (χ1) is 7.43. The Morgan fingerprint density at radius 2 is 1.88 bits per heavy atom. The third-order valence-corrected chi connectivity index (χ3v) is 2.36. The molecule has 1 amide bonds. The van der Waals surface area contributed by atoms with Gasteiger partial charge in [-0.05, 0) is 18.8 Å². The van der Waals surface area contributed by atoms with E-state index in [2.05, 4.69) is 5.32 Å². The van der Waals surface area contributed by atoms with E-state index >= 15 is 0 Å². The normalized spacial score (nSPS) is 11.6. The van der Waals surface area contributed by atoms with Gasteiger partial charge in [0.2, 0.25) is 0 Å². The summed E-state index contributed by atoms with van der Waals surface area (Å²) in [5.74, 6) is 1.01. The first kappa shape index (κ1) is 15.8. The molecule has 4 nitrogen and oxygen atoms in total. The minimum atomic E-state index is -0.877. The monoisotopic (exact) mass is 270 g/mol. The molecular formula is C10H20Cl2N2O2. The molecule has 3 N–H and O–H groups in total. The van der Waals surface area contributed by atoms with Crippen LogP contribution >= 0.6 is 23.2 Å². The summed E-state index contributed by atoms with van der Waals surface area (Å²) >= 11 is 11.2. The minimum Gasteiger partial charge on any atom is -0.449 e. The number of nitrogens with one attached hydrogen (secondary N) is 1. The molecule has 0 aromatic rings. The van der Waals surface area contributed by atoms with Crippen LogP contribution in [0.1, 0.15) is 26.7 Å². The van der Waals surface area contributed by atoms with E-state index in [0.717, 1.165) is 0 Å². The highest BCUT2D eigenvalue weighted by Crippen LogP contribution is 2.11. The number of rotatable bonds is 7. The maximum Gasteiger partial charge on any atom is 0.408 e. The highest BCUT2D eigenvalue weighted by molar-refractivity contribution is 6.18. The molecule has 0 rings (SSSR count). The molecule has 6 heteroatoms. The second-order valence-corrected chi connectivity index (χ2v) is 4.91. The molecule has 0 radical (unpaired) electrons. The molecule has 0 bridgehead atoms. The molecule has 0 aromatic carbocycles. The maximum absolute atomic E-state index is 11.4. The Labute approximate surface area is 107 Å². The van der Waals surface area contributed by atoms with Crippen LogP contribution < -0.4 is 11.1 Å². The SMILES string of the molecule is CC(C)COC(=O)NC(N)(CCCl)CCCl. The lowest BCUT2D eigenvalue weighted by Crippen LogP contribution is -2.56. The van der Waals surface area contributed by atoms with Crippen molar-refractivity contribution in [1.29, 1.82) is 0 Å². The molecule has 0 heterocycles. The van der Waals surface area contributed by atoms with Gasteiger partial charge in [-0.15, -0.1) is 23.2 Å². The number of halogens is 2. The summed E-state index contributed by atoms with van der Waals surface area (Å²) in [6.45, 7) is 4.28. The number of alkyl halides is 2. The number of alkyl carbamates (subject to hydrolysis) is 1. The summed E-state index contributed by atoms with van der Waals surface area (Å²) < 4.78 is 4.98. The van der Waals surface area contributed by atoms with E-state index in [4.69, 9.17) is 33.7 Å². The molecule has 16 heavy (non-hydrogen) atoms. The number of carbonyl (C=O) groups is 1. The Morgan fingerprint density at radius 1 is 1.38 bits per heavy atom. The summed E-state index contributed by atoms with van der Waals surface area (Å²) in [7, 11) is 0. The lowest BCUT2D eigenvalue weighted by atomic mass is 10.1. The van der Waals surface area contributed by atoms with Gasteiger partial charge in [-0.25, -0.2) is 4.79 Å². The van der Waals surface area contributed by atoms with Crippen molar-refractivity contribution in [2.45, 2.75) is 32.4 Å². The van der Waals surface area contributed by atoms with Crippen molar-refractivity contribution in [3.63, 3.8) is 0 Å². The molecule has 0 saturated carbocycles. The lowest BCUT2D eigenvalue weighted by molar-refractivity contribution is 0.119. The van der Waals surface area contributed by atoms with E-state index in [1.54, 1.807) is 0 Å². The van der Waals surface area contributed by atoms with Crippen molar-refractivity contribution in [1.82, 2.24) is 5.32 Å². The lowest BCUT2D eigenvalue weighted by Gasteiger charge is -2.29. The van der Waals surface area contributed by atoms with Gasteiger partial charge in [0, 0.05) is 11.8 Å². The van der Waals surface area contributed by atoms with E-state index in [1.807, 2.05) is 13.8 Å². The molecule has 0 aliphatic carbocycles. The molecule has 96 valence electrons. The highest BCUT2D eigenvalue weighted by atomic mass is 35.5. The van der Waals surface area contributed by atoms with E-state index in [9.17, 15) is 4.79 Å². The zero-order chi connectivity index (χ0) is 12.6. The Kier molecular flexibility index (Phi) is 7.89. The molecule has 0 fully saturated rings. The van der Waals surface area contributed by atoms with E-state index in [1.165, 1.54) is 0 Å². The average molecular weight is 271 g/mol. The smallest absolute Gasteiger partial charge is 0.408 e. The molecule has 0 aromatic heterocycles. The quantitative estimate of drug-likeness (QED) is 0.551. The second-order valence-electron chi connectivity index (χ2n) is 4.15. The van der Waals surface area contributed by atoms with Crippen molar-refractivity contribution in [3.8, 4) is 0 Å². The van der Waals surface area contributed by atoms with Gasteiger partial charge in [0.15, 0.2) is 0 Å². The summed E-state index contributed by atoms with van der Waals surface area (Å²) in [6, 6.07) is 0. The first-order valence-electron chi connectivity index (χ1n) is 5.29.